The van der Waals surface area contributed by atoms with E-state index < -0.39 is 145 Å². The summed E-state index contributed by atoms with van der Waals surface area (Å²) in [5.41, 5.74) is 0. The second kappa shape index (κ2) is 16.1. The van der Waals surface area contributed by atoms with Crippen molar-refractivity contribution in [3.05, 3.63) is 12.2 Å². The van der Waals surface area contributed by atoms with Crippen LogP contribution >= 0.6 is 0 Å². The second-order valence-corrected chi connectivity index (χ2v) is 11.5. The fraction of sp³-hybridized carbons (Fsp3) is 0.833. The predicted octanol–water partition coefficient (Wildman–Crippen LogP) is 11.4. The van der Waals surface area contributed by atoms with Crippen molar-refractivity contribution < 1.29 is 168 Å². The van der Waals surface area contributed by atoms with Crippen LogP contribution in [0, 0.1) is 0 Å². The number of halogens is 34. The van der Waals surface area contributed by atoms with Gasteiger partial charge in [-0.2, -0.15) is 149 Å². The quantitative estimate of drug-likeness (QED) is 0.0693. The van der Waals surface area contributed by atoms with E-state index in [9.17, 15) is 159 Å². The van der Waals surface area contributed by atoms with Crippen LogP contribution < -0.4 is 0 Å². The minimum atomic E-state index is -8.99. The molecule has 0 aliphatic heterocycles. The van der Waals surface area contributed by atoms with Crippen molar-refractivity contribution in [2.45, 2.75) is 108 Å². The van der Waals surface area contributed by atoms with Crippen LogP contribution in [0.25, 0.3) is 0 Å². The highest BCUT2D eigenvalue weighted by atomic mass is 19.4. The van der Waals surface area contributed by atoms with E-state index in [1.807, 2.05) is 0 Å². The summed E-state index contributed by atoms with van der Waals surface area (Å²) in [6.07, 6.45) is -24.2. The molecule has 0 aliphatic rings. The van der Waals surface area contributed by atoms with Crippen molar-refractivity contribution in [2.75, 3.05) is 13.2 Å². The molecule has 0 bridgehead atoms. The minimum absolute atomic E-state index is 0.675. The zero-order valence-corrected chi connectivity index (χ0v) is 27.5. The average Bonchev–Trinajstić information content (AvgIpc) is 3.04. The monoisotopic (exact) mass is 1010 g/mol. The van der Waals surface area contributed by atoms with Gasteiger partial charge in [0.25, 0.3) is 0 Å². The maximum Gasteiger partial charge on any atom is 0.460 e. The van der Waals surface area contributed by atoms with Crippen molar-refractivity contribution in [2.24, 2.45) is 0 Å². The molecule has 0 rings (SSSR count). The molecular formula is C24H10F34O4. The molecule has 0 amide bonds. The largest absolute Gasteiger partial charge is 0.462 e. The van der Waals surface area contributed by atoms with Crippen molar-refractivity contribution >= 4 is 11.9 Å². The molecule has 0 atom stereocenters. The first-order chi connectivity index (χ1) is 26.5. The Hall–Kier alpha value is -3.70. The standard InChI is InChI=1S/C24H10F34O4/c25-9(26,11(29,30)13(33,34)15(37,38)17(41,42)19(45,46)21(49,50)23(53,54)55)3-5-61-7(59)1-2-8(60)62-6-4-10(27,28)12(31,32)14(35,36)16(39,40)18(43,44)20(47,48)22(51,52)24(56,57)58/h1-2H,3-6H2. The van der Waals surface area contributed by atoms with E-state index in [4.69, 9.17) is 0 Å². The number of rotatable bonds is 20. The third kappa shape index (κ3) is 8.62. The van der Waals surface area contributed by atoms with Crippen LogP contribution in [0.15, 0.2) is 12.2 Å². The van der Waals surface area contributed by atoms with Gasteiger partial charge in [-0.1, -0.05) is 0 Å². The first kappa shape index (κ1) is 58.3. The molecular weight excluding hydrogens is 998 g/mol. The molecule has 0 aromatic carbocycles. The summed E-state index contributed by atoms with van der Waals surface area (Å²) in [6, 6.07) is 0. The van der Waals surface area contributed by atoms with Gasteiger partial charge in [0.2, 0.25) is 0 Å². The molecule has 0 aromatic rings. The second-order valence-electron chi connectivity index (χ2n) is 11.5. The van der Waals surface area contributed by atoms with Gasteiger partial charge in [0.1, 0.15) is 0 Å². The lowest BCUT2D eigenvalue weighted by Gasteiger charge is -2.42. The molecule has 0 radical (unpaired) electrons. The molecule has 38 heteroatoms. The van der Waals surface area contributed by atoms with Gasteiger partial charge < -0.3 is 9.47 Å². The van der Waals surface area contributed by atoms with Crippen LogP contribution in [0.5, 0.6) is 0 Å². The normalized spacial score (nSPS) is 16.2. The lowest BCUT2D eigenvalue weighted by molar-refractivity contribution is -0.461. The summed E-state index contributed by atoms with van der Waals surface area (Å²) < 4.78 is 457. The molecule has 0 saturated heterocycles. The van der Waals surface area contributed by atoms with E-state index in [-0.39, 0.29) is 0 Å². The summed E-state index contributed by atoms with van der Waals surface area (Å²) in [7, 11) is 0. The number of hydrogen-bond donors (Lipinski definition) is 0. The fourth-order valence-corrected chi connectivity index (χ4v) is 3.50. The van der Waals surface area contributed by atoms with E-state index in [1.165, 1.54) is 0 Å². The molecule has 0 spiro atoms. The van der Waals surface area contributed by atoms with Gasteiger partial charge in [-0.15, -0.1) is 0 Å². The minimum Gasteiger partial charge on any atom is -0.462 e. The van der Waals surface area contributed by atoms with Crippen molar-refractivity contribution in [3.8, 4) is 0 Å². The Kier molecular flexibility index (Phi) is 15.1. The van der Waals surface area contributed by atoms with Crippen molar-refractivity contribution in [1.29, 1.82) is 0 Å². The molecule has 0 saturated carbocycles. The fourth-order valence-electron chi connectivity index (χ4n) is 3.50. The van der Waals surface area contributed by atoms with Crippen LogP contribution in [0.4, 0.5) is 149 Å². The van der Waals surface area contributed by atoms with Gasteiger partial charge in [0.15, 0.2) is 0 Å². The van der Waals surface area contributed by atoms with Gasteiger partial charge in [0.05, 0.1) is 26.1 Å². The van der Waals surface area contributed by atoms with Gasteiger partial charge in [-0.05, 0) is 0 Å². The molecule has 0 unspecified atom stereocenters. The van der Waals surface area contributed by atoms with E-state index >= 15 is 0 Å². The smallest absolute Gasteiger partial charge is 0.460 e. The van der Waals surface area contributed by atoms with Crippen molar-refractivity contribution in [3.63, 3.8) is 0 Å². The van der Waals surface area contributed by atoms with E-state index in [1.54, 1.807) is 0 Å². The number of hydrogen-bond acceptors (Lipinski definition) is 4. The number of esters is 2. The number of alkyl halides is 34. The first-order valence-electron chi connectivity index (χ1n) is 13.9. The van der Waals surface area contributed by atoms with Gasteiger partial charge in [0, 0.05) is 12.2 Å². The van der Waals surface area contributed by atoms with Gasteiger partial charge in [-0.3, -0.25) is 0 Å². The SMILES string of the molecule is O=C(C=CC(=O)OCCC(F)(F)C(F)(F)C(F)(F)C(F)(F)C(F)(F)C(F)(F)C(F)(F)C(F)(F)F)OCCC(F)(F)C(F)(F)C(F)(F)C(F)(F)C(F)(F)C(F)(F)C(F)(F)C(F)(F)F. The van der Waals surface area contributed by atoms with Crippen LogP contribution in [0.1, 0.15) is 12.8 Å². The Labute approximate surface area is 315 Å². The molecule has 368 valence electrons. The first-order valence-corrected chi connectivity index (χ1v) is 13.9. The van der Waals surface area contributed by atoms with E-state index in [0.717, 1.165) is 0 Å². The molecule has 0 fully saturated rings. The van der Waals surface area contributed by atoms with Crippen LogP contribution in [-0.2, 0) is 19.1 Å². The molecule has 0 aromatic heterocycles. The Morgan fingerprint density at radius 2 is 0.435 bits per heavy atom. The predicted molar refractivity (Wildman–Crippen MR) is 122 cm³/mol. The Balaban J connectivity index is 5.95. The van der Waals surface area contributed by atoms with Gasteiger partial charge in [-0.25, -0.2) is 9.59 Å². The summed E-state index contributed by atoms with van der Waals surface area (Å²) in [5, 5.41) is 0. The third-order valence-corrected chi connectivity index (χ3v) is 7.25. The van der Waals surface area contributed by atoms with Crippen molar-refractivity contribution in [1.82, 2.24) is 0 Å². The molecule has 62 heavy (non-hydrogen) atoms. The van der Waals surface area contributed by atoms with E-state index in [0.29, 0.717) is 0 Å². The lowest BCUT2D eigenvalue weighted by Crippen LogP contribution is -2.74. The van der Waals surface area contributed by atoms with Gasteiger partial charge >= 0.3 is 107 Å². The maximum atomic E-state index is 13.8. The van der Waals surface area contributed by atoms with Crippen LogP contribution in [-0.4, -0.2) is 120 Å². The topological polar surface area (TPSA) is 52.6 Å². The summed E-state index contributed by atoms with van der Waals surface area (Å²) in [4.78, 5) is 22.7. The van der Waals surface area contributed by atoms with Crippen LogP contribution in [0.2, 0.25) is 0 Å². The highest BCUT2D eigenvalue weighted by Gasteiger charge is 2.97. The Morgan fingerprint density at radius 3 is 0.613 bits per heavy atom. The molecule has 4 nitrogen and oxygen atoms in total. The molecule has 0 aliphatic carbocycles. The molecule has 0 heterocycles. The molecule has 0 N–H and O–H groups in total. The lowest BCUT2D eigenvalue weighted by atomic mass is 9.88. The zero-order valence-electron chi connectivity index (χ0n) is 27.5. The third-order valence-electron chi connectivity index (χ3n) is 7.25. The highest BCUT2D eigenvalue weighted by Crippen LogP contribution is 2.66. The van der Waals surface area contributed by atoms with E-state index in [2.05, 4.69) is 9.47 Å². The average molecular weight is 1010 g/mol. The Morgan fingerprint density at radius 1 is 0.274 bits per heavy atom. The number of carbonyl (C=O) groups excluding carboxylic acids is 2. The highest BCUT2D eigenvalue weighted by molar-refractivity contribution is 5.91. The van der Waals surface area contributed by atoms with Crippen LogP contribution in [0.3, 0.4) is 0 Å². The number of ether oxygens (including phenoxy) is 2. The summed E-state index contributed by atoms with van der Waals surface area (Å²) in [5.74, 6) is -124. The Bertz CT molecular complexity index is 1510. The summed E-state index contributed by atoms with van der Waals surface area (Å²) >= 11 is 0. The zero-order chi connectivity index (χ0) is 50.8. The number of carbonyl (C=O) groups is 2. The summed E-state index contributed by atoms with van der Waals surface area (Å²) in [6.45, 7) is -5.31. The maximum absolute atomic E-state index is 13.8.